The van der Waals surface area contributed by atoms with Gasteiger partial charge in [-0.1, -0.05) is 12.1 Å². The van der Waals surface area contributed by atoms with Crippen LogP contribution < -0.4 is 5.32 Å². The molecule has 7 heteroatoms. The molecule has 100 valence electrons. The van der Waals surface area contributed by atoms with Crippen LogP contribution in [0.5, 0.6) is 0 Å². The van der Waals surface area contributed by atoms with E-state index >= 15 is 0 Å². The molecule has 19 heavy (non-hydrogen) atoms. The standard InChI is InChI=1S/C12H9F4N3/c13-10-6-18-11(19-7-10)17-5-8-1-3-9(4-2-8)12(14,15)16/h1-4,6-7H,5H2,(H,17,18,19). The zero-order chi connectivity index (χ0) is 13.9. The van der Waals surface area contributed by atoms with Crippen molar-refractivity contribution in [2.24, 2.45) is 0 Å². The van der Waals surface area contributed by atoms with Crippen LogP contribution in [0.3, 0.4) is 0 Å². The van der Waals surface area contributed by atoms with E-state index in [1.807, 2.05) is 0 Å². The average molecular weight is 271 g/mol. The number of benzene rings is 1. The molecule has 3 nitrogen and oxygen atoms in total. The van der Waals surface area contributed by atoms with Gasteiger partial charge >= 0.3 is 6.18 Å². The second-order valence-electron chi connectivity index (χ2n) is 3.77. The van der Waals surface area contributed by atoms with Crippen LogP contribution in [0, 0.1) is 5.82 Å². The fourth-order valence-corrected chi connectivity index (χ4v) is 1.40. The Hall–Kier alpha value is -2.18. The summed E-state index contributed by atoms with van der Waals surface area (Å²) in [7, 11) is 0. The fourth-order valence-electron chi connectivity index (χ4n) is 1.40. The van der Waals surface area contributed by atoms with Gasteiger partial charge in [0, 0.05) is 6.54 Å². The molecule has 0 atom stereocenters. The lowest BCUT2D eigenvalue weighted by atomic mass is 10.1. The number of nitrogens with one attached hydrogen (secondary N) is 1. The van der Waals surface area contributed by atoms with E-state index in [1.165, 1.54) is 12.1 Å². The smallest absolute Gasteiger partial charge is 0.350 e. The van der Waals surface area contributed by atoms with E-state index < -0.39 is 17.6 Å². The minimum atomic E-state index is -4.34. The van der Waals surface area contributed by atoms with Crippen molar-refractivity contribution in [3.8, 4) is 0 Å². The van der Waals surface area contributed by atoms with Crippen molar-refractivity contribution in [3.63, 3.8) is 0 Å². The van der Waals surface area contributed by atoms with Crippen LogP contribution in [0.4, 0.5) is 23.5 Å². The molecule has 0 aliphatic rings. The predicted molar refractivity (Wildman–Crippen MR) is 60.8 cm³/mol. The minimum Gasteiger partial charge on any atom is -0.350 e. The first-order valence-electron chi connectivity index (χ1n) is 5.33. The van der Waals surface area contributed by atoms with Gasteiger partial charge in [-0.05, 0) is 17.7 Å². The number of aromatic nitrogens is 2. The highest BCUT2D eigenvalue weighted by atomic mass is 19.4. The molecule has 1 aromatic carbocycles. The highest BCUT2D eigenvalue weighted by Crippen LogP contribution is 2.29. The van der Waals surface area contributed by atoms with Crippen LogP contribution in [0.15, 0.2) is 36.7 Å². The van der Waals surface area contributed by atoms with Gasteiger partial charge in [-0.15, -0.1) is 0 Å². The van der Waals surface area contributed by atoms with Crippen LogP contribution in [-0.2, 0) is 12.7 Å². The summed E-state index contributed by atoms with van der Waals surface area (Å²) in [5.41, 5.74) is -0.0600. The number of hydrogen-bond donors (Lipinski definition) is 1. The molecular formula is C12H9F4N3. The highest BCUT2D eigenvalue weighted by Gasteiger charge is 2.29. The average Bonchev–Trinajstić information content (AvgIpc) is 2.37. The molecule has 0 saturated carbocycles. The summed E-state index contributed by atoms with van der Waals surface area (Å²) in [4.78, 5) is 7.35. The zero-order valence-corrected chi connectivity index (χ0v) is 9.58. The monoisotopic (exact) mass is 271 g/mol. The van der Waals surface area contributed by atoms with Crippen molar-refractivity contribution in [2.45, 2.75) is 12.7 Å². The maximum absolute atomic E-state index is 12.5. The first kappa shape index (κ1) is 13.3. The second kappa shape index (κ2) is 5.21. The molecule has 0 unspecified atom stereocenters. The van der Waals surface area contributed by atoms with Crippen molar-refractivity contribution < 1.29 is 17.6 Å². The SMILES string of the molecule is Fc1cnc(NCc2ccc(C(F)(F)F)cc2)nc1. The summed E-state index contributed by atoms with van der Waals surface area (Å²) in [6.45, 7) is 0.254. The number of rotatable bonds is 3. The molecule has 0 aliphatic heterocycles. The molecule has 1 heterocycles. The van der Waals surface area contributed by atoms with E-state index in [-0.39, 0.29) is 12.5 Å². The first-order chi connectivity index (χ1) is 8.95. The summed E-state index contributed by atoms with van der Waals surface area (Å²) >= 11 is 0. The Kier molecular flexibility index (Phi) is 3.64. The molecule has 0 bridgehead atoms. The first-order valence-corrected chi connectivity index (χ1v) is 5.33. The molecule has 0 radical (unpaired) electrons. The van der Waals surface area contributed by atoms with E-state index in [0.717, 1.165) is 24.5 Å². The molecule has 0 saturated heterocycles. The van der Waals surface area contributed by atoms with Gasteiger partial charge in [0.05, 0.1) is 18.0 Å². The Morgan fingerprint density at radius 2 is 1.58 bits per heavy atom. The molecule has 0 aliphatic carbocycles. The van der Waals surface area contributed by atoms with Gasteiger partial charge < -0.3 is 5.32 Å². The third-order valence-electron chi connectivity index (χ3n) is 2.35. The summed E-state index contributed by atoms with van der Waals surface area (Å²) in [6, 6.07) is 4.73. The summed E-state index contributed by atoms with van der Waals surface area (Å²) in [5, 5.41) is 2.78. The molecule has 0 spiro atoms. The van der Waals surface area contributed by atoms with Crippen LogP contribution in [0.2, 0.25) is 0 Å². The quantitative estimate of drug-likeness (QED) is 0.871. The topological polar surface area (TPSA) is 37.8 Å². The Bertz CT molecular complexity index is 534. The number of alkyl halides is 3. The van der Waals surface area contributed by atoms with Gasteiger partial charge in [0.25, 0.3) is 0 Å². The third kappa shape index (κ3) is 3.64. The van der Waals surface area contributed by atoms with E-state index in [1.54, 1.807) is 0 Å². The van der Waals surface area contributed by atoms with Gasteiger partial charge in [0.15, 0.2) is 5.82 Å². The van der Waals surface area contributed by atoms with Crippen LogP contribution in [0.25, 0.3) is 0 Å². The molecule has 1 N–H and O–H groups in total. The lowest BCUT2D eigenvalue weighted by molar-refractivity contribution is -0.137. The maximum Gasteiger partial charge on any atom is 0.416 e. The number of anilines is 1. The van der Waals surface area contributed by atoms with E-state index in [2.05, 4.69) is 15.3 Å². The summed E-state index contributed by atoms with van der Waals surface area (Å²) < 4.78 is 49.6. The highest BCUT2D eigenvalue weighted by molar-refractivity contribution is 5.29. The van der Waals surface area contributed by atoms with Crippen molar-refractivity contribution in [1.82, 2.24) is 9.97 Å². The number of hydrogen-bond acceptors (Lipinski definition) is 3. The van der Waals surface area contributed by atoms with Gasteiger partial charge in [0.1, 0.15) is 0 Å². The Morgan fingerprint density at radius 1 is 1.00 bits per heavy atom. The normalized spacial score (nSPS) is 11.4. The Morgan fingerprint density at radius 3 is 2.11 bits per heavy atom. The van der Waals surface area contributed by atoms with E-state index in [4.69, 9.17) is 0 Å². The van der Waals surface area contributed by atoms with Crippen LogP contribution in [0.1, 0.15) is 11.1 Å². The van der Waals surface area contributed by atoms with Gasteiger partial charge in [-0.2, -0.15) is 13.2 Å². The molecule has 2 rings (SSSR count). The molecule has 0 fully saturated rings. The fraction of sp³-hybridized carbons (Fsp3) is 0.167. The van der Waals surface area contributed by atoms with Crippen molar-refractivity contribution in [3.05, 3.63) is 53.6 Å². The largest absolute Gasteiger partial charge is 0.416 e. The van der Waals surface area contributed by atoms with E-state index in [0.29, 0.717) is 5.56 Å². The van der Waals surface area contributed by atoms with Gasteiger partial charge in [-0.25, -0.2) is 14.4 Å². The number of nitrogens with zero attached hydrogens (tertiary/aromatic N) is 2. The maximum atomic E-state index is 12.5. The minimum absolute atomic E-state index is 0.210. The molecule has 2 aromatic rings. The molecule has 1 aromatic heterocycles. The molecular weight excluding hydrogens is 262 g/mol. The third-order valence-corrected chi connectivity index (χ3v) is 2.35. The van der Waals surface area contributed by atoms with Gasteiger partial charge in [-0.3, -0.25) is 0 Å². The van der Waals surface area contributed by atoms with Crippen LogP contribution in [-0.4, -0.2) is 9.97 Å². The zero-order valence-electron chi connectivity index (χ0n) is 9.58. The summed E-state index contributed by atoms with van der Waals surface area (Å²) in [5.74, 6) is -0.346. The van der Waals surface area contributed by atoms with Gasteiger partial charge in [0.2, 0.25) is 5.95 Å². The van der Waals surface area contributed by atoms with E-state index in [9.17, 15) is 17.6 Å². The summed E-state index contributed by atoms with van der Waals surface area (Å²) in [6.07, 6.45) is -2.34. The molecule has 0 amide bonds. The lowest BCUT2D eigenvalue weighted by Crippen LogP contribution is -2.06. The van der Waals surface area contributed by atoms with Crippen molar-refractivity contribution in [2.75, 3.05) is 5.32 Å². The Labute approximate surface area is 106 Å². The number of halogens is 4. The second-order valence-corrected chi connectivity index (χ2v) is 3.77. The lowest BCUT2D eigenvalue weighted by Gasteiger charge is -2.08. The van der Waals surface area contributed by atoms with Crippen LogP contribution >= 0.6 is 0 Å². The predicted octanol–water partition coefficient (Wildman–Crippen LogP) is 3.25. The van der Waals surface area contributed by atoms with Crippen molar-refractivity contribution >= 4 is 5.95 Å². The van der Waals surface area contributed by atoms with Crippen molar-refractivity contribution in [1.29, 1.82) is 0 Å². The Balaban J connectivity index is 1.98.